The number of imidazole rings is 1. The molecule has 0 saturated heterocycles. The molecule has 13 heavy (non-hydrogen) atoms. The minimum absolute atomic E-state index is 0.0102. The van der Waals surface area contributed by atoms with Gasteiger partial charge in [-0.05, 0) is 6.42 Å². The molecule has 0 bridgehead atoms. The van der Waals surface area contributed by atoms with Gasteiger partial charge >= 0.3 is 0 Å². The second-order valence-corrected chi connectivity index (χ2v) is 2.98. The summed E-state index contributed by atoms with van der Waals surface area (Å²) in [6.45, 7) is 4.54. The summed E-state index contributed by atoms with van der Waals surface area (Å²) in [7, 11) is 0. The van der Waals surface area contributed by atoms with Crippen LogP contribution in [0.2, 0.25) is 0 Å². The quantitative estimate of drug-likeness (QED) is 0.538. The summed E-state index contributed by atoms with van der Waals surface area (Å²) in [6, 6.07) is 0. The fourth-order valence-corrected chi connectivity index (χ4v) is 0.974. The molecule has 0 atom stereocenters. The van der Waals surface area contributed by atoms with Crippen LogP contribution >= 0.6 is 0 Å². The van der Waals surface area contributed by atoms with E-state index < -0.39 is 0 Å². The van der Waals surface area contributed by atoms with Gasteiger partial charge in [0.1, 0.15) is 5.69 Å². The molecule has 0 unspecified atom stereocenters. The Balaban J connectivity index is 2.44. The maximum Gasteiger partial charge on any atom is 0.200 e. The zero-order chi connectivity index (χ0) is 9.68. The molecule has 0 radical (unpaired) electrons. The lowest BCUT2D eigenvalue weighted by atomic mass is 10.3. The molecule has 0 aliphatic heterocycles. The highest BCUT2D eigenvalue weighted by atomic mass is 16.1. The lowest BCUT2D eigenvalue weighted by molar-refractivity contribution is 0.101. The van der Waals surface area contributed by atoms with Crippen molar-refractivity contribution in [2.45, 2.75) is 26.7 Å². The molecule has 1 aromatic rings. The highest BCUT2D eigenvalue weighted by Gasteiger charge is 2.02. The first kappa shape index (κ1) is 9.77. The summed E-state index contributed by atoms with van der Waals surface area (Å²) in [5.74, 6) is 0.690. The number of aromatic nitrogens is 2. The topological polar surface area (TPSA) is 57.8 Å². The Bertz CT molecular complexity index is 280. The van der Waals surface area contributed by atoms with Crippen molar-refractivity contribution in [3.8, 4) is 0 Å². The third-order valence-corrected chi connectivity index (χ3v) is 1.78. The van der Waals surface area contributed by atoms with Gasteiger partial charge in [0.2, 0.25) is 5.95 Å². The number of aromatic amines is 1. The van der Waals surface area contributed by atoms with E-state index in [-0.39, 0.29) is 5.78 Å². The molecule has 0 saturated carbocycles. The molecule has 1 rings (SSSR count). The number of rotatable bonds is 5. The first-order chi connectivity index (χ1) is 6.24. The summed E-state index contributed by atoms with van der Waals surface area (Å²) >= 11 is 0. The van der Waals surface area contributed by atoms with Crippen LogP contribution in [-0.4, -0.2) is 22.3 Å². The minimum atomic E-state index is 0.0102. The van der Waals surface area contributed by atoms with Crippen LogP contribution in [0.5, 0.6) is 0 Å². The van der Waals surface area contributed by atoms with E-state index in [1.165, 1.54) is 6.92 Å². The molecule has 0 fully saturated rings. The van der Waals surface area contributed by atoms with Gasteiger partial charge in [-0.2, -0.15) is 0 Å². The smallest absolute Gasteiger partial charge is 0.200 e. The van der Waals surface area contributed by atoms with Crippen molar-refractivity contribution in [3.05, 3.63) is 11.9 Å². The van der Waals surface area contributed by atoms with Crippen molar-refractivity contribution in [1.29, 1.82) is 0 Å². The Labute approximate surface area is 77.8 Å². The van der Waals surface area contributed by atoms with Crippen LogP contribution in [0, 0.1) is 0 Å². The Kier molecular flexibility index (Phi) is 3.49. The molecular formula is C9H15N3O. The molecule has 1 aromatic heterocycles. The van der Waals surface area contributed by atoms with Gasteiger partial charge < -0.3 is 10.3 Å². The molecule has 1 heterocycles. The fourth-order valence-electron chi connectivity index (χ4n) is 0.974. The zero-order valence-electron chi connectivity index (χ0n) is 8.05. The molecule has 4 nitrogen and oxygen atoms in total. The van der Waals surface area contributed by atoms with Crippen LogP contribution < -0.4 is 5.32 Å². The number of Topliss-reactive ketones (excluding diaryl/α,β-unsaturated/α-hetero) is 1. The second-order valence-electron chi connectivity index (χ2n) is 2.98. The van der Waals surface area contributed by atoms with Crippen LogP contribution in [0.3, 0.4) is 0 Å². The molecule has 0 aliphatic rings. The van der Waals surface area contributed by atoms with Crippen molar-refractivity contribution in [2.75, 3.05) is 11.9 Å². The van der Waals surface area contributed by atoms with E-state index >= 15 is 0 Å². The Morgan fingerprint density at radius 3 is 3.00 bits per heavy atom. The summed E-state index contributed by atoms with van der Waals surface area (Å²) in [4.78, 5) is 17.8. The van der Waals surface area contributed by atoms with Gasteiger partial charge in [0, 0.05) is 13.5 Å². The van der Waals surface area contributed by atoms with Crippen molar-refractivity contribution in [1.82, 2.24) is 9.97 Å². The monoisotopic (exact) mass is 181 g/mol. The van der Waals surface area contributed by atoms with Crippen LogP contribution in [0.4, 0.5) is 5.95 Å². The summed E-state index contributed by atoms with van der Waals surface area (Å²) in [6.07, 6.45) is 3.81. The molecule has 2 N–H and O–H groups in total. The third-order valence-electron chi connectivity index (χ3n) is 1.78. The van der Waals surface area contributed by atoms with E-state index in [9.17, 15) is 4.79 Å². The number of nitrogens with one attached hydrogen (secondary N) is 2. The van der Waals surface area contributed by atoms with E-state index in [0.717, 1.165) is 19.4 Å². The standard InChI is InChI=1S/C9H15N3O/c1-3-4-5-10-9-11-6-8(12-9)7(2)13/h6H,3-5H2,1-2H3,(H2,10,11,12). The number of nitrogens with zero attached hydrogens (tertiary/aromatic N) is 1. The molecule has 0 aromatic carbocycles. The average Bonchev–Trinajstić information content (AvgIpc) is 2.53. The maximum absolute atomic E-state index is 10.9. The normalized spacial score (nSPS) is 10.0. The molecular weight excluding hydrogens is 166 g/mol. The number of carbonyl (C=O) groups is 1. The second kappa shape index (κ2) is 4.64. The number of ketones is 1. The van der Waals surface area contributed by atoms with Crippen molar-refractivity contribution in [3.63, 3.8) is 0 Å². The lowest BCUT2D eigenvalue weighted by Crippen LogP contribution is -2.02. The zero-order valence-corrected chi connectivity index (χ0v) is 8.05. The largest absolute Gasteiger partial charge is 0.356 e. The number of unbranched alkanes of at least 4 members (excludes halogenated alkanes) is 1. The van der Waals surface area contributed by atoms with Crippen LogP contribution in [0.15, 0.2) is 6.20 Å². The molecule has 0 amide bonds. The summed E-state index contributed by atoms with van der Waals surface area (Å²) < 4.78 is 0. The molecule has 0 spiro atoms. The van der Waals surface area contributed by atoms with Gasteiger partial charge in [-0.1, -0.05) is 13.3 Å². The number of hydrogen-bond donors (Lipinski definition) is 2. The first-order valence-electron chi connectivity index (χ1n) is 4.54. The van der Waals surface area contributed by atoms with Gasteiger partial charge in [-0.25, -0.2) is 4.98 Å². The van der Waals surface area contributed by atoms with E-state index in [2.05, 4.69) is 22.2 Å². The van der Waals surface area contributed by atoms with Crippen LogP contribution in [0.1, 0.15) is 37.2 Å². The highest BCUT2D eigenvalue weighted by Crippen LogP contribution is 2.02. The van der Waals surface area contributed by atoms with Crippen LogP contribution in [0.25, 0.3) is 0 Å². The Hall–Kier alpha value is -1.32. The molecule has 4 heteroatoms. The van der Waals surface area contributed by atoms with E-state index in [1.807, 2.05) is 0 Å². The Morgan fingerprint density at radius 1 is 1.69 bits per heavy atom. The number of H-pyrrole nitrogens is 1. The maximum atomic E-state index is 10.9. The number of carbonyl (C=O) groups excluding carboxylic acids is 1. The SMILES string of the molecule is CCCCNc1ncc(C(C)=O)[nH]1. The van der Waals surface area contributed by atoms with Crippen molar-refractivity contribution < 1.29 is 4.79 Å². The van der Waals surface area contributed by atoms with Gasteiger partial charge in [-0.3, -0.25) is 4.79 Å². The fraction of sp³-hybridized carbons (Fsp3) is 0.556. The first-order valence-corrected chi connectivity index (χ1v) is 4.54. The van der Waals surface area contributed by atoms with Crippen molar-refractivity contribution in [2.24, 2.45) is 0 Å². The average molecular weight is 181 g/mol. The lowest BCUT2D eigenvalue weighted by Gasteiger charge is -1.99. The van der Waals surface area contributed by atoms with E-state index in [1.54, 1.807) is 6.20 Å². The van der Waals surface area contributed by atoms with E-state index in [4.69, 9.17) is 0 Å². The van der Waals surface area contributed by atoms with E-state index in [0.29, 0.717) is 11.6 Å². The van der Waals surface area contributed by atoms with Crippen LogP contribution in [-0.2, 0) is 0 Å². The molecule has 0 aliphatic carbocycles. The van der Waals surface area contributed by atoms with Gasteiger partial charge in [0.05, 0.1) is 6.20 Å². The van der Waals surface area contributed by atoms with Gasteiger partial charge in [-0.15, -0.1) is 0 Å². The summed E-state index contributed by atoms with van der Waals surface area (Å²) in [5.41, 5.74) is 0.555. The predicted octanol–water partition coefficient (Wildman–Crippen LogP) is 1.82. The minimum Gasteiger partial charge on any atom is -0.356 e. The number of anilines is 1. The van der Waals surface area contributed by atoms with Gasteiger partial charge in [0.25, 0.3) is 0 Å². The van der Waals surface area contributed by atoms with Gasteiger partial charge in [0.15, 0.2) is 5.78 Å². The Morgan fingerprint density at radius 2 is 2.46 bits per heavy atom. The van der Waals surface area contributed by atoms with Crippen molar-refractivity contribution >= 4 is 11.7 Å². The molecule has 72 valence electrons. The predicted molar refractivity (Wildman–Crippen MR) is 52.0 cm³/mol. The third kappa shape index (κ3) is 2.89. The number of hydrogen-bond acceptors (Lipinski definition) is 3. The highest BCUT2D eigenvalue weighted by molar-refractivity contribution is 5.92. The summed E-state index contributed by atoms with van der Waals surface area (Å²) in [5, 5.41) is 3.10.